The van der Waals surface area contributed by atoms with Crippen LogP contribution in [0.25, 0.3) is 11.3 Å². The zero-order valence-corrected chi connectivity index (χ0v) is 12.9. The summed E-state index contributed by atoms with van der Waals surface area (Å²) in [6.07, 6.45) is 5.64. The van der Waals surface area contributed by atoms with Crippen molar-refractivity contribution >= 4 is 11.6 Å². The van der Waals surface area contributed by atoms with E-state index in [4.69, 9.17) is 10.7 Å². The van der Waals surface area contributed by atoms with Gasteiger partial charge in [-0.05, 0) is 25.0 Å². The van der Waals surface area contributed by atoms with Crippen molar-refractivity contribution in [3.05, 3.63) is 36.3 Å². The fraction of sp³-hybridized carbons (Fsp3) is 0.412. The summed E-state index contributed by atoms with van der Waals surface area (Å²) in [7, 11) is 0. The van der Waals surface area contributed by atoms with E-state index < -0.39 is 0 Å². The first-order valence-corrected chi connectivity index (χ1v) is 7.85. The van der Waals surface area contributed by atoms with Crippen molar-refractivity contribution in [1.82, 2.24) is 9.55 Å². The number of benzene rings is 1. The number of hydrogen-bond donors (Lipinski definition) is 2. The molecule has 5 heteroatoms. The average molecular weight is 298 g/mol. The Kier molecular flexibility index (Phi) is 4.24. The second-order valence-electron chi connectivity index (χ2n) is 5.90. The second kappa shape index (κ2) is 6.32. The third-order valence-electron chi connectivity index (χ3n) is 4.16. The Labute approximate surface area is 130 Å². The number of rotatable bonds is 4. The van der Waals surface area contributed by atoms with Crippen LogP contribution in [-0.2, 0) is 17.8 Å². The van der Waals surface area contributed by atoms with Gasteiger partial charge in [0.2, 0.25) is 5.91 Å². The van der Waals surface area contributed by atoms with Crippen molar-refractivity contribution in [2.24, 2.45) is 11.7 Å². The number of carbonyl (C=O) groups excluding carboxylic acids is 1. The van der Waals surface area contributed by atoms with Gasteiger partial charge in [0.05, 0.1) is 5.69 Å². The molecule has 1 unspecified atom stereocenters. The minimum absolute atomic E-state index is 0.0484. The molecule has 5 nitrogen and oxygen atoms in total. The van der Waals surface area contributed by atoms with Gasteiger partial charge in [-0.3, -0.25) is 4.79 Å². The van der Waals surface area contributed by atoms with Crippen LogP contribution in [0.5, 0.6) is 0 Å². The van der Waals surface area contributed by atoms with Crippen molar-refractivity contribution in [2.45, 2.75) is 32.7 Å². The highest BCUT2D eigenvalue weighted by Gasteiger charge is 2.14. The van der Waals surface area contributed by atoms with E-state index in [0.717, 1.165) is 29.9 Å². The lowest BCUT2D eigenvalue weighted by Crippen LogP contribution is -2.26. The van der Waals surface area contributed by atoms with E-state index in [1.54, 1.807) is 0 Å². The molecule has 22 heavy (non-hydrogen) atoms. The highest BCUT2D eigenvalue weighted by molar-refractivity contribution is 5.92. The van der Waals surface area contributed by atoms with Crippen LogP contribution >= 0.6 is 0 Å². The lowest BCUT2D eigenvalue weighted by molar-refractivity contribution is -0.119. The van der Waals surface area contributed by atoms with E-state index in [9.17, 15) is 4.79 Å². The van der Waals surface area contributed by atoms with Gasteiger partial charge in [0.1, 0.15) is 5.82 Å². The van der Waals surface area contributed by atoms with Crippen molar-refractivity contribution in [1.29, 1.82) is 0 Å². The minimum atomic E-state index is -0.181. The number of anilines is 1. The van der Waals surface area contributed by atoms with Gasteiger partial charge in [-0.2, -0.15) is 0 Å². The Bertz CT molecular complexity index is 636. The maximum absolute atomic E-state index is 11.8. The highest BCUT2D eigenvalue weighted by Crippen LogP contribution is 2.24. The second-order valence-corrected chi connectivity index (χ2v) is 5.90. The predicted molar refractivity (Wildman–Crippen MR) is 87.4 cm³/mol. The van der Waals surface area contributed by atoms with Gasteiger partial charge >= 0.3 is 0 Å². The summed E-state index contributed by atoms with van der Waals surface area (Å²) in [5, 5.41) is 2.88. The van der Waals surface area contributed by atoms with E-state index in [1.165, 1.54) is 18.7 Å². The maximum atomic E-state index is 11.8. The van der Waals surface area contributed by atoms with Crippen LogP contribution in [-0.4, -0.2) is 22.0 Å². The first-order valence-electron chi connectivity index (χ1n) is 7.85. The lowest BCUT2D eigenvalue weighted by Gasteiger charge is -2.11. The van der Waals surface area contributed by atoms with E-state index in [-0.39, 0.29) is 11.8 Å². The molecule has 3 rings (SSSR count). The molecule has 1 amide bonds. The SMILES string of the molecule is CC(CN)C(=O)Nc1ccc(-c2cn3c(n2)CCCC3)cc1. The number of aryl methyl sites for hydroxylation is 2. The molecule has 0 radical (unpaired) electrons. The summed E-state index contributed by atoms with van der Waals surface area (Å²) < 4.78 is 2.25. The Morgan fingerprint density at radius 3 is 2.82 bits per heavy atom. The maximum Gasteiger partial charge on any atom is 0.228 e. The molecular formula is C17H22N4O. The first kappa shape index (κ1) is 14.8. The van der Waals surface area contributed by atoms with Crippen LogP contribution in [0.15, 0.2) is 30.5 Å². The zero-order valence-electron chi connectivity index (χ0n) is 12.9. The Morgan fingerprint density at radius 1 is 1.36 bits per heavy atom. The Morgan fingerprint density at radius 2 is 2.14 bits per heavy atom. The van der Waals surface area contributed by atoms with Gasteiger partial charge < -0.3 is 15.6 Å². The number of aromatic nitrogens is 2. The van der Waals surface area contributed by atoms with Gasteiger partial charge in [-0.15, -0.1) is 0 Å². The van der Waals surface area contributed by atoms with Crippen LogP contribution in [0.3, 0.4) is 0 Å². The molecule has 1 aromatic carbocycles. The van der Waals surface area contributed by atoms with E-state index >= 15 is 0 Å². The third kappa shape index (κ3) is 3.04. The summed E-state index contributed by atoms with van der Waals surface area (Å²) in [6.45, 7) is 3.23. The van der Waals surface area contributed by atoms with Crippen LogP contribution in [0.4, 0.5) is 5.69 Å². The van der Waals surface area contributed by atoms with E-state index in [1.807, 2.05) is 31.2 Å². The molecule has 116 valence electrons. The highest BCUT2D eigenvalue weighted by atomic mass is 16.1. The Balaban J connectivity index is 1.74. The number of imidazole rings is 1. The fourth-order valence-electron chi connectivity index (χ4n) is 2.65. The van der Waals surface area contributed by atoms with E-state index in [0.29, 0.717) is 6.54 Å². The third-order valence-corrected chi connectivity index (χ3v) is 4.16. The molecule has 0 aliphatic carbocycles. The van der Waals surface area contributed by atoms with Gasteiger partial charge in [-0.25, -0.2) is 4.98 Å². The number of nitrogens with zero attached hydrogens (tertiary/aromatic N) is 2. The summed E-state index contributed by atoms with van der Waals surface area (Å²) >= 11 is 0. The topological polar surface area (TPSA) is 72.9 Å². The van der Waals surface area contributed by atoms with Crippen molar-refractivity contribution in [3.8, 4) is 11.3 Å². The molecule has 3 N–H and O–H groups in total. The number of amides is 1. The number of nitrogens with one attached hydrogen (secondary N) is 1. The summed E-state index contributed by atoms with van der Waals surface area (Å²) in [5.41, 5.74) is 8.37. The molecule has 1 atom stereocenters. The van der Waals surface area contributed by atoms with Gasteiger partial charge in [0.15, 0.2) is 0 Å². The van der Waals surface area contributed by atoms with Crippen LogP contribution in [0.2, 0.25) is 0 Å². The molecular weight excluding hydrogens is 276 g/mol. The lowest BCUT2D eigenvalue weighted by atomic mass is 10.1. The normalized spacial score (nSPS) is 15.2. The molecule has 0 saturated heterocycles. The molecule has 1 aliphatic heterocycles. The summed E-state index contributed by atoms with van der Waals surface area (Å²) in [5.74, 6) is 0.947. The number of carbonyl (C=O) groups is 1. The molecule has 0 saturated carbocycles. The van der Waals surface area contributed by atoms with Crippen LogP contribution in [0.1, 0.15) is 25.6 Å². The molecule has 1 aliphatic rings. The van der Waals surface area contributed by atoms with Crippen LogP contribution in [0, 0.1) is 5.92 Å². The number of hydrogen-bond acceptors (Lipinski definition) is 3. The standard InChI is InChI=1S/C17H22N4O/c1-12(10-18)17(22)19-14-7-5-13(6-8-14)15-11-21-9-3-2-4-16(21)20-15/h5-8,11-12H,2-4,9-10,18H2,1H3,(H,19,22). The van der Waals surface area contributed by atoms with Crippen molar-refractivity contribution in [3.63, 3.8) is 0 Å². The van der Waals surface area contributed by atoms with E-state index in [2.05, 4.69) is 16.1 Å². The molecule has 0 fully saturated rings. The molecule has 0 spiro atoms. The van der Waals surface area contributed by atoms with Gasteiger partial charge in [0, 0.05) is 42.9 Å². The largest absolute Gasteiger partial charge is 0.334 e. The monoisotopic (exact) mass is 298 g/mol. The molecule has 2 heterocycles. The summed E-state index contributed by atoms with van der Waals surface area (Å²) in [6, 6.07) is 7.82. The molecule has 0 bridgehead atoms. The first-order chi connectivity index (χ1) is 10.7. The Hall–Kier alpha value is -2.14. The smallest absolute Gasteiger partial charge is 0.228 e. The predicted octanol–water partition coefficient (Wildman–Crippen LogP) is 2.42. The summed E-state index contributed by atoms with van der Waals surface area (Å²) in [4.78, 5) is 16.5. The minimum Gasteiger partial charge on any atom is -0.334 e. The van der Waals surface area contributed by atoms with Crippen molar-refractivity contribution in [2.75, 3.05) is 11.9 Å². The quantitative estimate of drug-likeness (QED) is 0.910. The van der Waals surface area contributed by atoms with Gasteiger partial charge in [-0.1, -0.05) is 19.1 Å². The van der Waals surface area contributed by atoms with Crippen LogP contribution < -0.4 is 11.1 Å². The fourth-order valence-corrected chi connectivity index (χ4v) is 2.65. The van der Waals surface area contributed by atoms with Gasteiger partial charge in [0.25, 0.3) is 0 Å². The number of fused-ring (bicyclic) bond motifs is 1. The molecule has 1 aromatic heterocycles. The zero-order chi connectivity index (χ0) is 15.5. The van der Waals surface area contributed by atoms with Crippen molar-refractivity contribution < 1.29 is 4.79 Å². The number of nitrogens with two attached hydrogens (primary N) is 1. The average Bonchev–Trinajstić information content (AvgIpc) is 2.98. The molecule has 2 aromatic rings.